The van der Waals surface area contributed by atoms with Crippen molar-refractivity contribution in [1.29, 1.82) is 5.26 Å². The molecule has 0 atom stereocenters. The summed E-state index contributed by atoms with van der Waals surface area (Å²) in [6.45, 7) is 0. The predicted molar refractivity (Wildman–Crippen MR) is 42.8 cm³/mol. The van der Waals surface area contributed by atoms with Crippen molar-refractivity contribution in [2.75, 3.05) is 5.32 Å². The quantitative estimate of drug-likeness (QED) is 0.359. The van der Waals surface area contributed by atoms with Crippen LogP contribution in [0, 0.1) is 11.5 Å². The molecule has 3 heteroatoms. The van der Waals surface area contributed by atoms with Crippen LogP contribution in [0.3, 0.4) is 0 Å². The maximum atomic E-state index is 8.16. The van der Waals surface area contributed by atoms with Crippen LogP contribution in [0.5, 0.6) is 0 Å². The molecule has 1 aromatic rings. The van der Waals surface area contributed by atoms with Crippen molar-refractivity contribution < 1.29 is 0 Å². The van der Waals surface area contributed by atoms with Gasteiger partial charge in [-0.2, -0.15) is 5.26 Å². The molecule has 0 bridgehead atoms. The summed E-state index contributed by atoms with van der Waals surface area (Å²) in [5.41, 5.74) is 0.833. The molecule has 1 N–H and O–H groups in total. The van der Waals surface area contributed by atoms with E-state index in [1.165, 1.54) is 0 Å². The van der Waals surface area contributed by atoms with E-state index >= 15 is 0 Å². The molecule has 0 amide bonds. The zero-order chi connectivity index (χ0) is 6.53. The van der Waals surface area contributed by atoms with Gasteiger partial charge in [-0.05, 0) is 12.1 Å². The van der Waals surface area contributed by atoms with Crippen LogP contribution in [0.25, 0.3) is 0 Å². The van der Waals surface area contributed by atoms with Gasteiger partial charge in [-0.25, -0.2) is 0 Å². The fourth-order valence-corrected chi connectivity index (χ4v) is 0.586. The molecule has 0 aliphatic carbocycles. The van der Waals surface area contributed by atoms with Crippen molar-refractivity contribution in [3.05, 3.63) is 30.3 Å². The molecule has 0 heterocycles. The molecule has 2 nitrogen and oxygen atoms in total. The van der Waals surface area contributed by atoms with E-state index in [0.717, 1.165) is 5.69 Å². The summed E-state index contributed by atoms with van der Waals surface area (Å²) >= 11 is 0. The molecular weight excluding hydrogens is 135 g/mol. The molecular formula is C7H7N2Na. The normalized spacial score (nSPS) is 7.10. The summed E-state index contributed by atoms with van der Waals surface area (Å²) in [5.74, 6) is 0. The van der Waals surface area contributed by atoms with E-state index in [2.05, 4.69) is 5.32 Å². The third kappa shape index (κ3) is 2.88. The van der Waals surface area contributed by atoms with Crippen LogP contribution in [-0.2, 0) is 0 Å². The van der Waals surface area contributed by atoms with E-state index in [1.807, 2.05) is 36.5 Å². The van der Waals surface area contributed by atoms with Crippen LogP contribution >= 0.6 is 0 Å². The van der Waals surface area contributed by atoms with Gasteiger partial charge in [-0.3, -0.25) is 5.32 Å². The monoisotopic (exact) mass is 142 g/mol. The summed E-state index contributed by atoms with van der Waals surface area (Å²) < 4.78 is 0. The Balaban J connectivity index is 0.000000810. The van der Waals surface area contributed by atoms with Gasteiger partial charge in [-0.1, -0.05) is 18.2 Å². The Hall–Kier alpha value is -0.490. The van der Waals surface area contributed by atoms with Gasteiger partial charge in [0.25, 0.3) is 0 Å². The molecule has 1 rings (SSSR count). The van der Waals surface area contributed by atoms with Crippen LogP contribution in [0.1, 0.15) is 0 Å². The van der Waals surface area contributed by atoms with Gasteiger partial charge >= 0.3 is 29.6 Å². The minimum atomic E-state index is 0. The fraction of sp³-hybridized carbons (Fsp3) is 0. The Morgan fingerprint density at radius 3 is 2.30 bits per heavy atom. The molecule has 0 unspecified atom stereocenters. The van der Waals surface area contributed by atoms with E-state index in [0.29, 0.717) is 0 Å². The molecule has 1 aromatic carbocycles. The number of nitriles is 1. The molecule has 10 heavy (non-hydrogen) atoms. The molecule has 0 spiro atoms. The first-order chi connectivity index (χ1) is 4.43. The number of para-hydroxylation sites is 1. The summed E-state index contributed by atoms with van der Waals surface area (Å²) in [5, 5.41) is 10.7. The van der Waals surface area contributed by atoms with Gasteiger partial charge in [0.2, 0.25) is 0 Å². The second kappa shape index (κ2) is 5.31. The van der Waals surface area contributed by atoms with Crippen molar-refractivity contribution in [2.24, 2.45) is 0 Å². The van der Waals surface area contributed by atoms with Crippen LogP contribution < -0.4 is 5.32 Å². The predicted octanol–water partition coefficient (Wildman–Crippen LogP) is 0.931. The standard InChI is InChI=1S/C7H6N2.Na.H/c8-6-9-7-4-2-1-3-5-7;;/h1-5,9H;;. The van der Waals surface area contributed by atoms with Gasteiger partial charge in [0.1, 0.15) is 0 Å². The van der Waals surface area contributed by atoms with Crippen molar-refractivity contribution in [1.82, 2.24) is 0 Å². The first kappa shape index (κ1) is 9.51. The van der Waals surface area contributed by atoms with Crippen LogP contribution in [0.4, 0.5) is 5.69 Å². The van der Waals surface area contributed by atoms with Crippen molar-refractivity contribution in [3.8, 4) is 6.19 Å². The van der Waals surface area contributed by atoms with E-state index in [1.54, 1.807) is 0 Å². The Morgan fingerprint density at radius 2 is 1.80 bits per heavy atom. The maximum absolute atomic E-state index is 8.16. The van der Waals surface area contributed by atoms with Crippen LogP contribution in [0.15, 0.2) is 30.3 Å². The van der Waals surface area contributed by atoms with E-state index < -0.39 is 0 Å². The minimum absolute atomic E-state index is 0. The summed E-state index contributed by atoms with van der Waals surface area (Å²) in [6, 6.07) is 9.33. The van der Waals surface area contributed by atoms with Gasteiger partial charge in [0.15, 0.2) is 6.19 Å². The number of nitrogens with one attached hydrogen (secondary N) is 1. The van der Waals surface area contributed by atoms with E-state index in [9.17, 15) is 0 Å². The zero-order valence-electron chi connectivity index (χ0n) is 4.83. The number of anilines is 1. The number of hydrogen-bond donors (Lipinski definition) is 1. The van der Waals surface area contributed by atoms with Crippen LogP contribution in [0.2, 0.25) is 0 Å². The molecule has 0 aliphatic heterocycles. The average Bonchev–Trinajstić information content (AvgIpc) is 1.91. The summed E-state index contributed by atoms with van der Waals surface area (Å²) in [6.07, 6.45) is 1.83. The number of nitrogens with zero attached hydrogens (tertiary/aromatic N) is 1. The third-order valence-corrected chi connectivity index (χ3v) is 0.974. The van der Waals surface area contributed by atoms with Crippen molar-refractivity contribution in [2.45, 2.75) is 0 Å². The van der Waals surface area contributed by atoms with Crippen molar-refractivity contribution in [3.63, 3.8) is 0 Å². The number of rotatable bonds is 1. The van der Waals surface area contributed by atoms with Crippen LogP contribution in [-0.4, -0.2) is 29.6 Å². The Labute approximate surface area is 82.2 Å². The topological polar surface area (TPSA) is 35.8 Å². The molecule has 46 valence electrons. The fourth-order valence-electron chi connectivity index (χ4n) is 0.586. The van der Waals surface area contributed by atoms with Gasteiger partial charge in [0.05, 0.1) is 0 Å². The SMILES string of the molecule is N#CNc1ccccc1.[NaH]. The Morgan fingerprint density at radius 1 is 1.20 bits per heavy atom. The van der Waals surface area contributed by atoms with E-state index in [-0.39, 0.29) is 29.6 Å². The van der Waals surface area contributed by atoms with Gasteiger partial charge in [-0.15, -0.1) is 0 Å². The van der Waals surface area contributed by atoms with Crippen molar-refractivity contribution >= 4 is 35.2 Å². The second-order valence-electron chi connectivity index (χ2n) is 1.60. The van der Waals surface area contributed by atoms with E-state index in [4.69, 9.17) is 5.26 Å². The zero-order valence-corrected chi connectivity index (χ0v) is 4.83. The first-order valence-corrected chi connectivity index (χ1v) is 2.63. The molecule has 0 saturated carbocycles. The molecule has 0 saturated heterocycles. The Bertz CT molecular complexity index is 215. The molecule has 0 fully saturated rings. The first-order valence-electron chi connectivity index (χ1n) is 2.63. The Kier molecular flexibility index (Phi) is 5.05. The number of benzene rings is 1. The summed E-state index contributed by atoms with van der Waals surface area (Å²) in [4.78, 5) is 0. The average molecular weight is 142 g/mol. The molecule has 0 radical (unpaired) electrons. The van der Waals surface area contributed by atoms with Gasteiger partial charge in [0, 0.05) is 5.69 Å². The number of hydrogen-bond acceptors (Lipinski definition) is 2. The van der Waals surface area contributed by atoms with Gasteiger partial charge < -0.3 is 0 Å². The third-order valence-electron chi connectivity index (χ3n) is 0.974. The second-order valence-corrected chi connectivity index (χ2v) is 1.60. The molecule has 0 aromatic heterocycles. The molecule has 0 aliphatic rings. The summed E-state index contributed by atoms with van der Waals surface area (Å²) in [7, 11) is 0.